The molecule has 5 heteroatoms. The fraction of sp³-hybridized carbons (Fsp3) is 0.375. The molecule has 21 heavy (non-hydrogen) atoms. The lowest BCUT2D eigenvalue weighted by Gasteiger charge is -2.17. The molecule has 112 valence electrons. The number of para-hydroxylation sites is 1. The van der Waals surface area contributed by atoms with Gasteiger partial charge in [0.1, 0.15) is 5.76 Å². The number of carbonyl (C=O) groups is 1. The normalized spacial score (nSPS) is 10.6. The van der Waals surface area contributed by atoms with Crippen molar-refractivity contribution in [1.29, 1.82) is 0 Å². The molecule has 0 aliphatic carbocycles. The number of nitrogens with zero attached hydrogens (tertiary/aromatic N) is 2. The highest BCUT2D eigenvalue weighted by molar-refractivity contribution is 5.76. The van der Waals surface area contributed by atoms with E-state index in [0.29, 0.717) is 19.4 Å². The summed E-state index contributed by atoms with van der Waals surface area (Å²) in [6, 6.07) is 7.64. The van der Waals surface area contributed by atoms with E-state index in [4.69, 9.17) is 10.3 Å². The highest BCUT2D eigenvalue weighted by Gasteiger charge is 2.15. The number of amides is 1. The van der Waals surface area contributed by atoms with Crippen LogP contribution in [0.1, 0.15) is 29.0 Å². The van der Waals surface area contributed by atoms with Gasteiger partial charge in [0.25, 0.3) is 0 Å². The number of nitrogen functional groups attached to an aromatic ring is 1. The summed E-state index contributed by atoms with van der Waals surface area (Å²) in [5.74, 6) is 0.845. The SMILES string of the molecule is Cc1noc(C)c1CN(C)C(=O)CCc1ccccc1N. The smallest absolute Gasteiger partial charge is 0.222 e. The van der Waals surface area contributed by atoms with Gasteiger partial charge in [0.2, 0.25) is 5.91 Å². The largest absolute Gasteiger partial charge is 0.399 e. The molecule has 5 nitrogen and oxygen atoms in total. The summed E-state index contributed by atoms with van der Waals surface area (Å²) in [6.07, 6.45) is 1.09. The van der Waals surface area contributed by atoms with Crippen molar-refractivity contribution in [2.75, 3.05) is 12.8 Å². The minimum absolute atomic E-state index is 0.0817. The first-order chi connectivity index (χ1) is 9.99. The molecule has 1 heterocycles. The molecule has 2 aromatic rings. The van der Waals surface area contributed by atoms with Gasteiger partial charge in [-0.1, -0.05) is 23.4 Å². The number of benzene rings is 1. The summed E-state index contributed by atoms with van der Waals surface area (Å²) < 4.78 is 5.12. The molecule has 0 aliphatic rings. The van der Waals surface area contributed by atoms with Crippen molar-refractivity contribution in [1.82, 2.24) is 10.1 Å². The summed E-state index contributed by atoms with van der Waals surface area (Å²) in [5, 5.41) is 3.90. The minimum Gasteiger partial charge on any atom is -0.399 e. The van der Waals surface area contributed by atoms with Gasteiger partial charge in [0.15, 0.2) is 0 Å². The second kappa shape index (κ2) is 6.43. The molecule has 0 unspecified atom stereocenters. The monoisotopic (exact) mass is 287 g/mol. The van der Waals surface area contributed by atoms with Gasteiger partial charge in [-0.3, -0.25) is 4.79 Å². The molecule has 0 aliphatic heterocycles. The van der Waals surface area contributed by atoms with Gasteiger partial charge in [-0.2, -0.15) is 0 Å². The maximum atomic E-state index is 12.2. The van der Waals surface area contributed by atoms with Crippen LogP contribution in [0, 0.1) is 13.8 Å². The van der Waals surface area contributed by atoms with Crippen molar-refractivity contribution < 1.29 is 9.32 Å². The van der Waals surface area contributed by atoms with E-state index in [1.807, 2.05) is 38.1 Å². The average Bonchev–Trinajstić information content (AvgIpc) is 2.78. The highest BCUT2D eigenvalue weighted by atomic mass is 16.5. The Hall–Kier alpha value is -2.30. The summed E-state index contributed by atoms with van der Waals surface area (Å²) in [7, 11) is 1.79. The quantitative estimate of drug-likeness (QED) is 0.857. The van der Waals surface area contributed by atoms with E-state index in [2.05, 4.69) is 5.16 Å². The molecule has 0 spiro atoms. The molecule has 2 N–H and O–H groups in total. The first-order valence-electron chi connectivity index (χ1n) is 6.98. The molecule has 1 aromatic carbocycles. The number of carbonyl (C=O) groups excluding carboxylic acids is 1. The molecule has 1 aromatic heterocycles. The van der Waals surface area contributed by atoms with Gasteiger partial charge in [0, 0.05) is 24.7 Å². The Balaban J connectivity index is 1.93. The van der Waals surface area contributed by atoms with Crippen LogP contribution in [0.2, 0.25) is 0 Å². The molecule has 2 rings (SSSR count). The second-order valence-corrected chi connectivity index (χ2v) is 5.25. The average molecular weight is 287 g/mol. The van der Waals surface area contributed by atoms with Crippen molar-refractivity contribution in [3.8, 4) is 0 Å². The Labute approximate surface area is 124 Å². The van der Waals surface area contributed by atoms with Crippen molar-refractivity contribution in [3.05, 3.63) is 46.8 Å². The Morgan fingerprint density at radius 1 is 1.33 bits per heavy atom. The number of aromatic nitrogens is 1. The molecular formula is C16H21N3O2. The van der Waals surface area contributed by atoms with E-state index in [1.54, 1.807) is 11.9 Å². The second-order valence-electron chi connectivity index (χ2n) is 5.25. The van der Waals surface area contributed by atoms with Crippen molar-refractivity contribution >= 4 is 11.6 Å². The maximum Gasteiger partial charge on any atom is 0.222 e. The Morgan fingerprint density at radius 3 is 2.67 bits per heavy atom. The summed E-state index contributed by atoms with van der Waals surface area (Å²) >= 11 is 0. The highest BCUT2D eigenvalue weighted by Crippen LogP contribution is 2.16. The van der Waals surface area contributed by atoms with E-state index in [0.717, 1.165) is 28.3 Å². The van der Waals surface area contributed by atoms with Gasteiger partial charge in [-0.15, -0.1) is 0 Å². The standard InChI is InChI=1S/C16H21N3O2/c1-11-14(12(2)21-18-11)10-19(3)16(20)9-8-13-6-4-5-7-15(13)17/h4-7H,8-10,17H2,1-3H3. The lowest BCUT2D eigenvalue weighted by Crippen LogP contribution is -2.26. The number of aryl methyl sites for hydroxylation is 3. The molecule has 0 atom stereocenters. The van der Waals surface area contributed by atoms with Crippen LogP contribution in [0.5, 0.6) is 0 Å². The Kier molecular flexibility index (Phi) is 4.62. The first kappa shape index (κ1) is 15.1. The van der Waals surface area contributed by atoms with Crippen LogP contribution in [-0.4, -0.2) is 23.0 Å². The van der Waals surface area contributed by atoms with Gasteiger partial charge in [-0.25, -0.2) is 0 Å². The van der Waals surface area contributed by atoms with Crippen molar-refractivity contribution in [2.45, 2.75) is 33.2 Å². The molecular weight excluding hydrogens is 266 g/mol. The molecule has 1 amide bonds. The zero-order valence-corrected chi connectivity index (χ0v) is 12.7. The molecule has 0 saturated carbocycles. The third-order valence-electron chi connectivity index (χ3n) is 3.67. The van der Waals surface area contributed by atoms with Crippen LogP contribution in [0.15, 0.2) is 28.8 Å². The third kappa shape index (κ3) is 3.62. The summed E-state index contributed by atoms with van der Waals surface area (Å²) in [5.41, 5.74) is 9.44. The van der Waals surface area contributed by atoms with E-state index >= 15 is 0 Å². The molecule has 0 radical (unpaired) electrons. The Bertz CT molecular complexity index is 615. The van der Waals surface area contributed by atoms with Crippen molar-refractivity contribution in [2.24, 2.45) is 0 Å². The fourth-order valence-corrected chi connectivity index (χ4v) is 2.25. The fourth-order valence-electron chi connectivity index (χ4n) is 2.25. The molecule has 0 bridgehead atoms. The van der Waals surface area contributed by atoms with Crippen molar-refractivity contribution in [3.63, 3.8) is 0 Å². The third-order valence-corrected chi connectivity index (χ3v) is 3.67. The van der Waals surface area contributed by atoms with Gasteiger partial charge in [-0.05, 0) is 31.9 Å². The van der Waals surface area contributed by atoms with Crippen LogP contribution in [0.25, 0.3) is 0 Å². The number of anilines is 1. The zero-order chi connectivity index (χ0) is 15.4. The van der Waals surface area contributed by atoms with E-state index in [9.17, 15) is 4.79 Å². The summed E-state index contributed by atoms with van der Waals surface area (Å²) in [6.45, 7) is 4.26. The van der Waals surface area contributed by atoms with E-state index < -0.39 is 0 Å². The number of hydrogen-bond acceptors (Lipinski definition) is 4. The topological polar surface area (TPSA) is 72.4 Å². The first-order valence-corrected chi connectivity index (χ1v) is 6.98. The van der Waals surface area contributed by atoms with Gasteiger partial charge < -0.3 is 15.2 Å². The zero-order valence-electron chi connectivity index (χ0n) is 12.7. The number of hydrogen-bond donors (Lipinski definition) is 1. The van der Waals surface area contributed by atoms with Crippen LogP contribution < -0.4 is 5.73 Å². The van der Waals surface area contributed by atoms with Gasteiger partial charge in [0.05, 0.1) is 12.2 Å². The van der Waals surface area contributed by atoms with E-state index in [-0.39, 0.29) is 5.91 Å². The van der Waals surface area contributed by atoms with Crippen LogP contribution in [0.3, 0.4) is 0 Å². The van der Waals surface area contributed by atoms with E-state index in [1.165, 1.54) is 0 Å². The van der Waals surface area contributed by atoms with Crippen LogP contribution in [0.4, 0.5) is 5.69 Å². The maximum absolute atomic E-state index is 12.2. The number of nitrogens with two attached hydrogens (primary N) is 1. The van der Waals surface area contributed by atoms with Crippen LogP contribution in [-0.2, 0) is 17.8 Å². The van der Waals surface area contributed by atoms with Gasteiger partial charge >= 0.3 is 0 Å². The lowest BCUT2D eigenvalue weighted by atomic mass is 10.1. The Morgan fingerprint density at radius 2 is 2.05 bits per heavy atom. The number of rotatable bonds is 5. The minimum atomic E-state index is 0.0817. The summed E-state index contributed by atoms with van der Waals surface area (Å²) in [4.78, 5) is 13.9. The predicted molar refractivity (Wildman–Crippen MR) is 81.6 cm³/mol. The molecule has 0 fully saturated rings. The van der Waals surface area contributed by atoms with Crippen LogP contribution >= 0.6 is 0 Å². The predicted octanol–water partition coefficient (Wildman–Crippen LogP) is 2.46. The molecule has 0 saturated heterocycles. The lowest BCUT2D eigenvalue weighted by molar-refractivity contribution is -0.130.